The molecule has 0 bridgehead atoms. The molecule has 0 radical (unpaired) electrons. The molecule has 0 saturated heterocycles. The Morgan fingerprint density at radius 2 is 1.71 bits per heavy atom. The van der Waals surface area contributed by atoms with Gasteiger partial charge in [-0.05, 0) is 56.2 Å². The normalized spacial score (nSPS) is 12.0. The van der Waals surface area contributed by atoms with Gasteiger partial charge in [0.2, 0.25) is 0 Å². The van der Waals surface area contributed by atoms with E-state index >= 15 is 0 Å². The second-order valence-electron chi connectivity index (χ2n) is 8.14. The molecule has 7 nitrogen and oxygen atoms in total. The highest BCUT2D eigenvalue weighted by atomic mass is 32.2. The molecule has 2 N–H and O–H groups in total. The first-order valence-electron chi connectivity index (χ1n) is 11.4. The number of rotatable bonds is 9. The Labute approximate surface area is 209 Å². The van der Waals surface area contributed by atoms with Gasteiger partial charge in [0.1, 0.15) is 0 Å². The highest BCUT2D eigenvalue weighted by molar-refractivity contribution is 8.00. The van der Waals surface area contributed by atoms with E-state index in [1.807, 2.05) is 85.1 Å². The van der Waals surface area contributed by atoms with E-state index in [0.717, 1.165) is 28.3 Å². The number of aryl methyl sites for hydroxylation is 2. The van der Waals surface area contributed by atoms with Gasteiger partial charge < -0.3 is 5.32 Å². The molecule has 1 amide bonds. The maximum absolute atomic E-state index is 12.7. The molecule has 4 aromatic rings. The van der Waals surface area contributed by atoms with Crippen LogP contribution in [0, 0.1) is 13.8 Å². The zero-order valence-electron chi connectivity index (χ0n) is 20.0. The van der Waals surface area contributed by atoms with Crippen molar-refractivity contribution in [2.45, 2.75) is 37.7 Å². The molecule has 4 rings (SSSR count). The summed E-state index contributed by atoms with van der Waals surface area (Å²) in [6.45, 7) is 6.39. The number of para-hydroxylation sites is 1. The smallest absolute Gasteiger partial charge is 0.253 e. The summed E-state index contributed by atoms with van der Waals surface area (Å²) in [7, 11) is 0. The van der Waals surface area contributed by atoms with Crippen LogP contribution in [-0.4, -0.2) is 32.1 Å². The number of amides is 1. The van der Waals surface area contributed by atoms with Gasteiger partial charge >= 0.3 is 0 Å². The van der Waals surface area contributed by atoms with Crippen molar-refractivity contribution in [3.63, 3.8) is 0 Å². The van der Waals surface area contributed by atoms with Crippen molar-refractivity contribution in [3.8, 4) is 5.69 Å². The molecule has 0 fully saturated rings. The number of nitrogens with zero attached hydrogens (tertiary/aromatic N) is 4. The van der Waals surface area contributed by atoms with Gasteiger partial charge in [0, 0.05) is 11.4 Å². The molecule has 0 unspecified atom stereocenters. The lowest BCUT2D eigenvalue weighted by atomic mass is 10.1. The van der Waals surface area contributed by atoms with Crippen LogP contribution in [0.15, 0.2) is 89.1 Å². The van der Waals surface area contributed by atoms with Gasteiger partial charge in [-0.1, -0.05) is 71.9 Å². The lowest BCUT2D eigenvalue weighted by Gasteiger charge is -2.13. The third kappa shape index (κ3) is 6.36. The van der Waals surface area contributed by atoms with Crippen LogP contribution in [-0.2, 0) is 11.3 Å². The zero-order chi connectivity index (χ0) is 24.6. The van der Waals surface area contributed by atoms with Crippen LogP contribution >= 0.6 is 11.8 Å². The Balaban J connectivity index is 1.47. The molecule has 0 aliphatic rings. The van der Waals surface area contributed by atoms with Crippen LogP contribution in [0.1, 0.15) is 29.4 Å². The Morgan fingerprint density at radius 1 is 1.00 bits per heavy atom. The average Bonchev–Trinajstić information content (AvgIpc) is 3.27. The van der Waals surface area contributed by atoms with Crippen molar-refractivity contribution < 1.29 is 4.79 Å². The van der Waals surface area contributed by atoms with E-state index in [-0.39, 0.29) is 5.91 Å². The fraction of sp³-hybridized carbons (Fsp3) is 0.185. The largest absolute Gasteiger partial charge is 0.378 e. The number of thioether (sulfide) groups is 1. The van der Waals surface area contributed by atoms with E-state index in [0.29, 0.717) is 11.7 Å². The van der Waals surface area contributed by atoms with Crippen molar-refractivity contribution in [2.24, 2.45) is 5.10 Å². The molecule has 0 spiro atoms. The number of aromatic nitrogens is 3. The third-order valence-electron chi connectivity index (χ3n) is 5.44. The van der Waals surface area contributed by atoms with Crippen molar-refractivity contribution in [1.29, 1.82) is 0 Å². The van der Waals surface area contributed by atoms with E-state index in [9.17, 15) is 4.79 Å². The summed E-state index contributed by atoms with van der Waals surface area (Å²) in [5, 5.41) is 16.6. The van der Waals surface area contributed by atoms with Crippen molar-refractivity contribution >= 4 is 29.6 Å². The SMILES string of the molecule is Cc1ccc(NCc2nnc(S[C@@H](C)C(=O)NN=Cc3ccccc3C)n2-c2ccccc2)cc1. The van der Waals surface area contributed by atoms with Crippen LogP contribution in [0.4, 0.5) is 5.69 Å². The number of hydrogen-bond donors (Lipinski definition) is 2. The molecule has 1 heterocycles. The molecule has 0 saturated carbocycles. The molecule has 35 heavy (non-hydrogen) atoms. The van der Waals surface area contributed by atoms with Crippen LogP contribution in [0.25, 0.3) is 5.69 Å². The summed E-state index contributed by atoms with van der Waals surface area (Å²) in [6, 6.07) is 26.0. The molecule has 1 aromatic heterocycles. The number of carbonyl (C=O) groups is 1. The number of anilines is 1. The summed E-state index contributed by atoms with van der Waals surface area (Å²) < 4.78 is 1.98. The number of hydrogen-bond acceptors (Lipinski definition) is 6. The first-order valence-corrected chi connectivity index (χ1v) is 12.2. The van der Waals surface area contributed by atoms with Gasteiger partial charge in [-0.15, -0.1) is 10.2 Å². The van der Waals surface area contributed by atoms with E-state index in [1.165, 1.54) is 17.3 Å². The molecular weight excluding hydrogens is 456 g/mol. The van der Waals surface area contributed by atoms with Gasteiger partial charge in [-0.3, -0.25) is 9.36 Å². The molecule has 1 atom stereocenters. The Hall–Kier alpha value is -3.91. The lowest BCUT2D eigenvalue weighted by Crippen LogP contribution is -2.27. The molecular formula is C27H28N6OS. The number of hydrazone groups is 1. The topological polar surface area (TPSA) is 84.2 Å². The number of nitrogens with one attached hydrogen (secondary N) is 2. The molecule has 3 aromatic carbocycles. The quantitative estimate of drug-likeness (QED) is 0.196. The summed E-state index contributed by atoms with van der Waals surface area (Å²) in [4.78, 5) is 12.7. The maximum atomic E-state index is 12.7. The fourth-order valence-corrected chi connectivity index (χ4v) is 4.26. The zero-order valence-corrected chi connectivity index (χ0v) is 20.8. The third-order valence-corrected chi connectivity index (χ3v) is 6.48. The monoisotopic (exact) mass is 484 g/mol. The minimum Gasteiger partial charge on any atom is -0.378 e. The van der Waals surface area contributed by atoms with E-state index < -0.39 is 5.25 Å². The van der Waals surface area contributed by atoms with E-state index in [2.05, 4.69) is 45.1 Å². The second kappa shape index (κ2) is 11.5. The minimum absolute atomic E-state index is 0.207. The van der Waals surface area contributed by atoms with Crippen molar-refractivity contribution in [2.75, 3.05) is 5.32 Å². The Bertz CT molecular complexity index is 1300. The lowest BCUT2D eigenvalue weighted by molar-refractivity contribution is -0.120. The fourth-order valence-electron chi connectivity index (χ4n) is 3.38. The number of benzene rings is 3. The Morgan fingerprint density at radius 3 is 2.46 bits per heavy atom. The van der Waals surface area contributed by atoms with Crippen LogP contribution in [0.5, 0.6) is 0 Å². The Kier molecular flexibility index (Phi) is 7.95. The molecule has 178 valence electrons. The summed E-state index contributed by atoms with van der Waals surface area (Å²) >= 11 is 1.34. The van der Waals surface area contributed by atoms with Gasteiger partial charge in [0.15, 0.2) is 11.0 Å². The van der Waals surface area contributed by atoms with Crippen molar-refractivity contribution in [3.05, 3.63) is 101 Å². The van der Waals surface area contributed by atoms with Gasteiger partial charge in [0.05, 0.1) is 18.0 Å². The summed E-state index contributed by atoms with van der Waals surface area (Å²) in [5.41, 5.74) is 7.84. The van der Waals surface area contributed by atoms with Gasteiger partial charge in [0.25, 0.3) is 5.91 Å². The average molecular weight is 485 g/mol. The first-order chi connectivity index (χ1) is 17.0. The highest BCUT2D eigenvalue weighted by Crippen LogP contribution is 2.26. The summed E-state index contributed by atoms with van der Waals surface area (Å²) in [5.74, 6) is 0.547. The van der Waals surface area contributed by atoms with Gasteiger partial charge in [-0.25, -0.2) is 5.43 Å². The minimum atomic E-state index is -0.423. The predicted molar refractivity (Wildman–Crippen MR) is 142 cm³/mol. The summed E-state index contributed by atoms with van der Waals surface area (Å²) in [6.07, 6.45) is 1.66. The molecule has 0 aliphatic heterocycles. The van der Waals surface area contributed by atoms with Crippen LogP contribution in [0.3, 0.4) is 0 Å². The van der Waals surface area contributed by atoms with Gasteiger partial charge in [-0.2, -0.15) is 5.10 Å². The van der Waals surface area contributed by atoms with E-state index in [4.69, 9.17) is 0 Å². The van der Waals surface area contributed by atoms with Crippen molar-refractivity contribution in [1.82, 2.24) is 20.2 Å². The van der Waals surface area contributed by atoms with Crippen LogP contribution < -0.4 is 10.7 Å². The standard InChI is InChI=1S/C27H28N6OS/c1-19-13-15-23(16-14-19)28-18-25-30-32-27(33(25)24-11-5-4-6-12-24)35-21(3)26(34)31-29-17-22-10-8-7-9-20(22)2/h4-17,21,28H,18H2,1-3H3,(H,31,34)/t21-/m0/s1. The maximum Gasteiger partial charge on any atom is 0.253 e. The molecule has 8 heteroatoms. The second-order valence-corrected chi connectivity index (χ2v) is 9.45. The predicted octanol–water partition coefficient (Wildman–Crippen LogP) is 5.13. The molecule has 0 aliphatic carbocycles. The van der Waals surface area contributed by atoms with E-state index in [1.54, 1.807) is 6.21 Å². The number of carbonyl (C=O) groups excluding carboxylic acids is 1. The highest BCUT2D eigenvalue weighted by Gasteiger charge is 2.21. The first kappa shape index (κ1) is 24.2. The van der Waals surface area contributed by atoms with Crippen LogP contribution in [0.2, 0.25) is 0 Å².